The Morgan fingerprint density at radius 3 is 2.39 bits per heavy atom. The van der Waals surface area contributed by atoms with Gasteiger partial charge in [0.25, 0.3) is 0 Å². The van der Waals surface area contributed by atoms with E-state index in [0.29, 0.717) is 10.0 Å². The van der Waals surface area contributed by atoms with Crippen LogP contribution in [-0.2, 0) is 15.2 Å². The number of nitrogens with zero attached hydrogens (tertiary/aromatic N) is 4. The van der Waals surface area contributed by atoms with Gasteiger partial charge in [-0.05, 0) is 55.6 Å². The number of esters is 1. The molecule has 2 heterocycles. The molecule has 1 unspecified atom stereocenters. The van der Waals surface area contributed by atoms with Crippen LogP contribution in [0.1, 0.15) is 18.1 Å². The van der Waals surface area contributed by atoms with Crippen LogP contribution >= 0.6 is 35.0 Å². The molecule has 0 aromatic heterocycles. The standard InChI is InChI=1S/C27H24Cl2N4O2S/c1-4-35-26(34)25-30-33(21-13-10-19(28)11-14-21)27(18-8-6-5-7-9-18)22-16-20(29)12-15-23(22)31(2)24(36-3)17-32(25)27/h5-17H,4H2,1-3H3. The highest BCUT2D eigenvalue weighted by molar-refractivity contribution is 8.02. The zero-order valence-electron chi connectivity index (χ0n) is 20.0. The molecule has 1 atom stereocenters. The summed E-state index contributed by atoms with van der Waals surface area (Å²) in [5.41, 5.74) is 2.37. The fourth-order valence-corrected chi connectivity index (χ4v) is 5.58. The minimum Gasteiger partial charge on any atom is -0.460 e. The fourth-order valence-electron chi connectivity index (χ4n) is 4.70. The summed E-state index contributed by atoms with van der Waals surface area (Å²) < 4.78 is 5.47. The Morgan fingerprint density at radius 1 is 1.03 bits per heavy atom. The number of hydrogen-bond acceptors (Lipinski definition) is 7. The molecule has 0 N–H and O–H groups in total. The van der Waals surface area contributed by atoms with Crippen molar-refractivity contribution < 1.29 is 9.53 Å². The van der Waals surface area contributed by atoms with Crippen molar-refractivity contribution in [2.24, 2.45) is 5.10 Å². The first-order chi connectivity index (χ1) is 17.4. The van der Waals surface area contributed by atoms with E-state index in [1.54, 1.807) is 18.7 Å². The van der Waals surface area contributed by atoms with Crippen molar-refractivity contribution in [1.29, 1.82) is 0 Å². The number of fused-ring (bicyclic) bond motifs is 3. The molecule has 9 heteroatoms. The summed E-state index contributed by atoms with van der Waals surface area (Å²) in [7, 11) is 2.00. The number of ether oxygens (including phenoxy) is 1. The summed E-state index contributed by atoms with van der Waals surface area (Å²) in [6.45, 7) is 2.01. The largest absolute Gasteiger partial charge is 0.460 e. The van der Waals surface area contributed by atoms with E-state index in [9.17, 15) is 4.79 Å². The molecule has 3 aromatic rings. The first-order valence-corrected chi connectivity index (χ1v) is 13.4. The molecule has 3 aromatic carbocycles. The Kier molecular flexibility index (Phi) is 6.64. The van der Waals surface area contributed by atoms with Crippen LogP contribution in [0.25, 0.3) is 0 Å². The lowest BCUT2D eigenvalue weighted by atomic mass is 9.87. The Bertz CT molecular complexity index is 1360. The van der Waals surface area contributed by atoms with E-state index < -0.39 is 11.6 Å². The molecule has 0 saturated heterocycles. The van der Waals surface area contributed by atoms with Gasteiger partial charge in [0.1, 0.15) is 0 Å². The first kappa shape index (κ1) is 24.6. The van der Waals surface area contributed by atoms with Gasteiger partial charge in [-0.3, -0.25) is 4.90 Å². The highest BCUT2D eigenvalue weighted by atomic mass is 35.5. The summed E-state index contributed by atoms with van der Waals surface area (Å²) >= 11 is 14.4. The number of anilines is 2. The molecule has 5 rings (SSSR count). The topological polar surface area (TPSA) is 48.4 Å². The third-order valence-electron chi connectivity index (χ3n) is 6.26. The van der Waals surface area contributed by atoms with E-state index in [1.165, 1.54) is 0 Å². The molecule has 2 aliphatic rings. The number of rotatable bonds is 5. The van der Waals surface area contributed by atoms with E-state index in [0.717, 1.165) is 27.5 Å². The van der Waals surface area contributed by atoms with Gasteiger partial charge in [0.15, 0.2) is 5.66 Å². The smallest absolute Gasteiger partial charge is 0.376 e. The number of benzene rings is 3. The number of hydrazone groups is 1. The molecule has 0 fully saturated rings. The normalized spacial score (nSPS) is 18.8. The van der Waals surface area contributed by atoms with Crippen LogP contribution in [-0.4, -0.2) is 36.6 Å². The molecule has 0 amide bonds. The summed E-state index contributed by atoms with van der Waals surface area (Å²) in [5.74, 6) is -0.345. The molecular weight excluding hydrogens is 515 g/mol. The molecule has 0 radical (unpaired) electrons. The lowest BCUT2D eigenvalue weighted by Gasteiger charge is -2.43. The second kappa shape index (κ2) is 9.73. The van der Waals surface area contributed by atoms with Gasteiger partial charge in [0.2, 0.25) is 5.84 Å². The van der Waals surface area contributed by atoms with E-state index >= 15 is 0 Å². The van der Waals surface area contributed by atoms with Crippen molar-refractivity contribution in [3.8, 4) is 0 Å². The monoisotopic (exact) mass is 538 g/mol. The van der Waals surface area contributed by atoms with E-state index in [-0.39, 0.29) is 12.4 Å². The van der Waals surface area contributed by atoms with Gasteiger partial charge in [-0.15, -0.1) is 16.9 Å². The molecular formula is C27H24Cl2N4O2S. The number of carbonyl (C=O) groups excluding carboxylic acids is 1. The summed E-state index contributed by atoms with van der Waals surface area (Å²) in [6, 6.07) is 23.2. The van der Waals surface area contributed by atoms with Crippen molar-refractivity contribution in [2.45, 2.75) is 12.6 Å². The Balaban J connectivity index is 1.92. The van der Waals surface area contributed by atoms with Crippen molar-refractivity contribution in [2.75, 3.05) is 29.8 Å². The number of carbonyl (C=O) groups is 1. The fraction of sp³-hybridized carbons (Fsp3) is 0.185. The Morgan fingerprint density at radius 2 is 1.72 bits per heavy atom. The predicted octanol–water partition coefficient (Wildman–Crippen LogP) is 6.51. The van der Waals surface area contributed by atoms with Crippen LogP contribution in [0, 0.1) is 0 Å². The minimum atomic E-state index is -1.08. The van der Waals surface area contributed by atoms with Gasteiger partial charge in [-0.25, -0.2) is 9.80 Å². The molecule has 2 aliphatic heterocycles. The maximum Gasteiger partial charge on any atom is 0.376 e. The summed E-state index contributed by atoms with van der Waals surface area (Å²) in [4.78, 5) is 17.4. The summed E-state index contributed by atoms with van der Waals surface area (Å²) in [5, 5.41) is 8.86. The Labute approximate surface area is 224 Å². The maximum absolute atomic E-state index is 13.4. The van der Waals surface area contributed by atoms with Gasteiger partial charge in [-0.2, -0.15) is 0 Å². The molecule has 36 heavy (non-hydrogen) atoms. The average molecular weight is 539 g/mol. The maximum atomic E-state index is 13.4. The van der Waals surface area contributed by atoms with E-state index in [2.05, 4.69) is 4.90 Å². The third-order valence-corrected chi connectivity index (χ3v) is 7.54. The van der Waals surface area contributed by atoms with E-state index in [4.69, 9.17) is 33.0 Å². The van der Waals surface area contributed by atoms with Crippen molar-refractivity contribution in [3.63, 3.8) is 0 Å². The predicted molar refractivity (Wildman–Crippen MR) is 149 cm³/mol. The Hall–Kier alpha value is -3.13. The molecule has 0 aliphatic carbocycles. The number of amidine groups is 1. The quantitative estimate of drug-likeness (QED) is 0.345. The minimum absolute atomic E-state index is 0.170. The molecule has 6 nitrogen and oxygen atoms in total. The highest BCUT2D eigenvalue weighted by Gasteiger charge is 2.56. The van der Waals surface area contributed by atoms with Crippen LogP contribution in [0.2, 0.25) is 10.0 Å². The van der Waals surface area contributed by atoms with Crippen molar-refractivity contribution >= 4 is 58.1 Å². The van der Waals surface area contributed by atoms with Crippen LogP contribution in [0.3, 0.4) is 0 Å². The zero-order chi connectivity index (χ0) is 25.4. The van der Waals surface area contributed by atoms with Gasteiger partial charge in [0.05, 0.1) is 17.3 Å². The van der Waals surface area contributed by atoms with Gasteiger partial charge < -0.3 is 9.64 Å². The number of thioether (sulfide) groups is 1. The van der Waals surface area contributed by atoms with Crippen LogP contribution in [0.4, 0.5) is 11.4 Å². The third kappa shape index (κ3) is 3.82. The SMILES string of the molecule is CCOC(=O)C1=NN(c2ccc(Cl)cc2)C2(c3ccccc3)c3cc(Cl)ccc3N(C)C(SC)=CN12. The van der Waals surface area contributed by atoms with Gasteiger partial charge in [0, 0.05) is 40.1 Å². The van der Waals surface area contributed by atoms with Crippen molar-refractivity contribution in [3.05, 3.63) is 105 Å². The van der Waals surface area contributed by atoms with Gasteiger partial charge in [-0.1, -0.05) is 53.5 Å². The lowest BCUT2D eigenvalue weighted by molar-refractivity contribution is -0.135. The zero-order valence-corrected chi connectivity index (χ0v) is 22.3. The second-order valence-electron chi connectivity index (χ2n) is 8.23. The van der Waals surface area contributed by atoms with E-state index in [1.807, 2.05) is 102 Å². The molecule has 184 valence electrons. The second-order valence-corrected chi connectivity index (χ2v) is 9.93. The molecule has 0 spiro atoms. The molecule has 0 bridgehead atoms. The van der Waals surface area contributed by atoms with Crippen LogP contribution < -0.4 is 9.91 Å². The van der Waals surface area contributed by atoms with Crippen LogP contribution in [0.15, 0.2) is 89.1 Å². The summed E-state index contributed by atoms with van der Waals surface area (Å²) in [6.07, 6.45) is 3.96. The number of halogens is 2. The van der Waals surface area contributed by atoms with Crippen LogP contribution in [0.5, 0.6) is 0 Å². The first-order valence-electron chi connectivity index (χ1n) is 11.4. The number of hydrogen-bond donors (Lipinski definition) is 0. The van der Waals surface area contributed by atoms with Gasteiger partial charge >= 0.3 is 5.97 Å². The lowest BCUT2D eigenvalue weighted by Crippen LogP contribution is -2.52. The highest BCUT2D eigenvalue weighted by Crippen LogP contribution is 2.52. The average Bonchev–Trinajstić information content (AvgIpc) is 3.18. The van der Waals surface area contributed by atoms with Crippen molar-refractivity contribution in [1.82, 2.24) is 4.90 Å². The molecule has 0 saturated carbocycles.